The van der Waals surface area contributed by atoms with Gasteiger partial charge in [0.05, 0.1) is 21.7 Å². The number of carbonyl (C=O) groups is 2. The summed E-state index contributed by atoms with van der Waals surface area (Å²) in [5, 5.41) is 14.8. The largest absolute Gasteiger partial charge is 0.478 e. The molecule has 0 atom stereocenters. The van der Waals surface area contributed by atoms with Gasteiger partial charge in [-0.25, -0.2) is 9.80 Å². The van der Waals surface area contributed by atoms with Gasteiger partial charge in [0.15, 0.2) is 0 Å². The lowest BCUT2D eigenvalue weighted by Crippen LogP contribution is -2.24. The van der Waals surface area contributed by atoms with E-state index in [1.807, 2.05) is 0 Å². The number of aliphatic carboxylic acids is 1. The molecule has 0 radical (unpaired) electrons. The number of amides is 1. The van der Waals surface area contributed by atoms with E-state index in [4.69, 9.17) is 16.7 Å². The SMILES string of the molecule is C=NN(/C=C/C(=C\NC)C(=O)O)C(=O)c1c(Cl)cccc1C(F)(F)F. The Balaban J connectivity index is 3.31. The molecule has 1 aromatic carbocycles. The van der Waals surface area contributed by atoms with E-state index in [-0.39, 0.29) is 5.57 Å². The molecule has 10 heteroatoms. The van der Waals surface area contributed by atoms with E-state index in [9.17, 15) is 22.8 Å². The molecular weight excluding hydrogens is 363 g/mol. The molecule has 6 nitrogen and oxygen atoms in total. The summed E-state index contributed by atoms with van der Waals surface area (Å²) in [7, 11) is 1.45. The lowest BCUT2D eigenvalue weighted by atomic mass is 10.1. The van der Waals surface area contributed by atoms with E-state index in [1.54, 1.807) is 0 Å². The fourth-order valence-corrected chi connectivity index (χ4v) is 2.01. The van der Waals surface area contributed by atoms with Crippen molar-refractivity contribution in [2.45, 2.75) is 6.18 Å². The topological polar surface area (TPSA) is 82.0 Å². The van der Waals surface area contributed by atoms with E-state index >= 15 is 0 Å². The fourth-order valence-electron chi connectivity index (χ4n) is 1.76. The monoisotopic (exact) mass is 375 g/mol. The number of hydrazone groups is 1. The summed E-state index contributed by atoms with van der Waals surface area (Å²) in [4.78, 5) is 23.4. The number of rotatable bonds is 6. The molecule has 0 heterocycles. The minimum Gasteiger partial charge on any atom is -0.478 e. The number of hydrogen-bond acceptors (Lipinski definition) is 4. The van der Waals surface area contributed by atoms with Gasteiger partial charge in [-0.3, -0.25) is 4.79 Å². The smallest absolute Gasteiger partial charge is 0.417 e. The minimum absolute atomic E-state index is 0.265. The molecule has 0 aromatic heterocycles. The van der Waals surface area contributed by atoms with Crippen LogP contribution >= 0.6 is 11.6 Å². The van der Waals surface area contributed by atoms with Gasteiger partial charge in [-0.1, -0.05) is 17.7 Å². The maximum atomic E-state index is 13.1. The second-order valence-corrected chi connectivity index (χ2v) is 4.87. The van der Waals surface area contributed by atoms with Crippen molar-refractivity contribution >= 4 is 30.2 Å². The minimum atomic E-state index is -4.81. The molecule has 1 rings (SSSR count). The quantitative estimate of drug-likeness (QED) is 0.346. The van der Waals surface area contributed by atoms with Gasteiger partial charge < -0.3 is 10.4 Å². The molecular formula is C15H13ClF3N3O3. The van der Waals surface area contributed by atoms with Crippen molar-refractivity contribution in [3.63, 3.8) is 0 Å². The van der Waals surface area contributed by atoms with E-state index in [1.165, 1.54) is 7.05 Å². The molecule has 134 valence electrons. The third-order valence-electron chi connectivity index (χ3n) is 2.84. The van der Waals surface area contributed by atoms with Crippen molar-refractivity contribution in [1.82, 2.24) is 10.3 Å². The lowest BCUT2D eigenvalue weighted by molar-refractivity contribution is -0.138. The first-order valence-electron chi connectivity index (χ1n) is 6.58. The summed E-state index contributed by atoms with van der Waals surface area (Å²) in [6, 6.07) is 2.88. The summed E-state index contributed by atoms with van der Waals surface area (Å²) in [5.74, 6) is -2.53. The zero-order valence-corrected chi connectivity index (χ0v) is 13.6. The summed E-state index contributed by atoms with van der Waals surface area (Å²) in [6.07, 6.45) is -1.86. The van der Waals surface area contributed by atoms with Gasteiger partial charge in [0.2, 0.25) is 0 Å². The molecule has 0 fully saturated rings. The van der Waals surface area contributed by atoms with E-state index in [0.717, 1.165) is 30.6 Å². The van der Waals surface area contributed by atoms with E-state index < -0.39 is 34.2 Å². The average Bonchev–Trinajstić information content (AvgIpc) is 2.52. The highest BCUT2D eigenvalue weighted by molar-refractivity contribution is 6.34. The van der Waals surface area contributed by atoms with Gasteiger partial charge in [0, 0.05) is 26.2 Å². The van der Waals surface area contributed by atoms with Crippen LogP contribution in [0.5, 0.6) is 0 Å². The van der Waals surface area contributed by atoms with Gasteiger partial charge in [-0.2, -0.15) is 18.3 Å². The first kappa shape index (κ1) is 20.2. The normalized spacial score (nSPS) is 12.1. The van der Waals surface area contributed by atoms with E-state index in [0.29, 0.717) is 11.1 Å². The molecule has 0 aliphatic carbocycles. The van der Waals surface area contributed by atoms with Gasteiger partial charge in [0.25, 0.3) is 5.91 Å². The third-order valence-corrected chi connectivity index (χ3v) is 3.15. The summed E-state index contributed by atoms with van der Waals surface area (Å²) >= 11 is 5.75. The summed E-state index contributed by atoms with van der Waals surface area (Å²) in [6.45, 7) is 3.09. The Kier molecular flexibility index (Phi) is 6.75. The number of carbonyl (C=O) groups excluding carboxylic acids is 1. The van der Waals surface area contributed by atoms with Crippen LogP contribution in [0.3, 0.4) is 0 Å². The van der Waals surface area contributed by atoms with Crippen molar-refractivity contribution in [2.24, 2.45) is 5.10 Å². The Hall–Kier alpha value is -2.81. The molecule has 0 spiro atoms. The average molecular weight is 376 g/mol. The highest BCUT2D eigenvalue weighted by Gasteiger charge is 2.37. The highest BCUT2D eigenvalue weighted by Crippen LogP contribution is 2.35. The zero-order valence-electron chi connectivity index (χ0n) is 12.8. The number of halogens is 4. The van der Waals surface area contributed by atoms with Crippen LogP contribution in [0.25, 0.3) is 0 Å². The van der Waals surface area contributed by atoms with Crippen LogP contribution in [0, 0.1) is 0 Å². The zero-order chi connectivity index (χ0) is 19.2. The predicted molar refractivity (Wildman–Crippen MR) is 86.1 cm³/mol. The van der Waals surface area contributed by atoms with Gasteiger partial charge in [-0.15, -0.1) is 0 Å². The Morgan fingerprint density at radius 1 is 1.40 bits per heavy atom. The fraction of sp³-hybridized carbons (Fsp3) is 0.133. The standard InChI is InChI=1S/C15H13ClF3N3O3/c1-20-8-9(14(24)25)6-7-22(21-2)13(23)12-10(15(17,18)19)4-3-5-11(12)16/h3-8,20H,2H2,1H3,(H,24,25)/b7-6+,9-8+. The first-order chi connectivity index (χ1) is 11.6. The van der Waals surface area contributed by atoms with Crippen LogP contribution in [0.1, 0.15) is 15.9 Å². The van der Waals surface area contributed by atoms with Gasteiger partial charge in [-0.05, 0) is 18.2 Å². The second kappa shape index (κ2) is 8.34. The number of carboxylic acid groups (broad SMARTS) is 1. The van der Waals surface area contributed by atoms with Crippen LogP contribution in [0.15, 0.2) is 47.3 Å². The number of carboxylic acids is 1. The Morgan fingerprint density at radius 2 is 2.04 bits per heavy atom. The van der Waals surface area contributed by atoms with Crippen molar-refractivity contribution < 1.29 is 27.9 Å². The molecule has 1 aromatic rings. The first-order valence-corrected chi connectivity index (χ1v) is 6.96. The van der Waals surface area contributed by atoms with Crippen molar-refractivity contribution in [1.29, 1.82) is 0 Å². The Labute approximate surface area is 145 Å². The molecule has 0 unspecified atom stereocenters. The Morgan fingerprint density at radius 3 is 2.52 bits per heavy atom. The number of alkyl halides is 3. The molecule has 0 aliphatic rings. The van der Waals surface area contributed by atoms with Crippen LogP contribution < -0.4 is 5.32 Å². The number of hydrogen-bond donors (Lipinski definition) is 2. The highest BCUT2D eigenvalue weighted by atomic mass is 35.5. The van der Waals surface area contributed by atoms with Crippen molar-refractivity contribution in [3.8, 4) is 0 Å². The van der Waals surface area contributed by atoms with E-state index in [2.05, 4.69) is 17.1 Å². The van der Waals surface area contributed by atoms with Crippen LogP contribution in [-0.2, 0) is 11.0 Å². The van der Waals surface area contributed by atoms with Crippen LogP contribution in [0.4, 0.5) is 13.2 Å². The van der Waals surface area contributed by atoms with Crippen molar-refractivity contribution in [3.05, 3.63) is 58.4 Å². The molecule has 0 aliphatic heterocycles. The van der Waals surface area contributed by atoms with Crippen molar-refractivity contribution in [2.75, 3.05) is 7.05 Å². The van der Waals surface area contributed by atoms with Gasteiger partial charge >= 0.3 is 12.1 Å². The molecule has 0 saturated heterocycles. The maximum Gasteiger partial charge on any atom is 0.417 e. The van der Waals surface area contributed by atoms with Gasteiger partial charge in [0.1, 0.15) is 0 Å². The molecule has 2 N–H and O–H groups in total. The lowest BCUT2D eigenvalue weighted by Gasteiger charge is -2.17. The number of nitrogens with zero attached hydrogens (tertiary/aromatic N) is 2. The van der Waals surface area contributed by atoms with Crippen LogP contribution in [-0.4, -0.2) is 35.8 Å². The molecule has 1 amide bonds. The Bertz CT molecular complexity index is 745. The second-order valence-electron chi connectivity index (χ2n) is 4.46. The predicted octanol–water partition coefficient (Wildman–Crippen LogP) is 3.12. The number of benzene rings is 1. The third kappa shape index (κ3) is 5.08. The summed E-state index contributed by atoms with van der Waals surface area (Å²) < 4.78 is 39.3. The molecule has 0 bridgehead atoms. The summed E-state index contributed by atoms with van der Waals surface area (Å²) in [5.41, 5.74) is -2.32. The molecule has 0 saturated carbocycles. The number of nitrogens with one attached hydrogen (secondary N) is 1. The molecule has 25 heavy (non-hydrogen) atoms. The van der Waals surface area contributed by atoms with Crippen LogP contribution in [0.2, 0.25) is 5.02 Å². The maximum absolute atomic E-state index is 13.1.